The van der Waals surface area contributed by atoms with Crippen LogP contribution in [0.25, 0.3) is 0 Å². The Balaban J connectivity index is 2.10. The van der Waals surface area contributed by atoms with Crippen LogP contribution >= 0.6 is 11.6 Å². The summed E-state index contributed by atoms with van der Waals surface area (Å²) < 4.78 is 13.3. The van der Waals surface area contributed by atoms with Gasteiger partial charge in [-0.2, -0.15) is 0 Å². The van der Waals surface area contributed by atoms with Gasteiger partial charge in [-0.15, -0.1) is 0 Å². The predicted molar refractivity (Wildman–Crippen MR) is 69.4 cm³/mol. The van der Waals surface area contributed by atoms with Crippen LogP contribution < -0.4 is 5.32 Å². The van der Waals surface area contributed by atoms with E-state index in [1.807, 2.05) is 7.05 Å². The van der Waals surface area contributed by atoms with E-state index < -0.39 is 5.82 Å². The molecule has 18 heavy (non-hydrogen) atoms. The number of nitrogens with zero attached hydrogens (tertiary/aromatic N) is 1. The molecule has 0 atom stereocenters. The summed E-state index contributed by atoms with van der Waals surface area (Å²) in [5.74, 6) is -0.735. The number of hydrogen-bond acceptors (Lipinski definition) is 2. The lowest BCUT2D eigenvalue weighted by Crippen LogP contribution is -2.44. The maximum Gasteiger partial charge on any atom is 0.255 e. The number of carbonyl (C=O) groups excluding carboxylic acids is 1. The minimum absolute atomic E-state index is 0.0850. The molecule has 0 radical (unpaired) electrons. The highest BCUT2D eigenvalue weighted by atomic mass is 35.5. The summed E-state index contributed by atoms with van der Waals surface area (Å²) in [6, 6.07) is 4.79. The van der Waals surface area contributed by atoms with E-state index >= 15 is 0 Å². The Morgan fingerprint density at radius 2 is 2.11 bits per heavy atom. The van der Waals surface area contributed by atoms with Crippen LogP contribution in [0.15, 0.2) is 18.2 Å². The van der Waals surface area contributed by atoms with E-state index in [0.717, 1.165) is 12.8 Å². The number of hydrogen-bond donors (Lipinski definition) is 1. The molecule has 1 aromatic rings. The van der Waals surface area contributed by atoms with E-state index in [-0.39, 0.29) is 16.5 Å². The van der Waals surface area contributed by atoms with E-state index in [4.69, 9.17) is 11.6 Å². The molecule has 2 rings (SSSR count). The largest absolute Gasteiger partial charge is 0.338 e. The number of carbonyl (C=O) groups is 1. The van der Waals surface area contributed by atoms with Crippen molar-refractivity contribution in [2.75, 3.05) is 20.1 Å². The van der Waals surface area contributed by atoms with Crippen LogP contribution in [-0.4, -0.2) is 37.0 Å². The number of rotatable bonds is 2. The van der Waals surface area contributed by atoms with Crippen LogP contribution in [0.1, 0.15) is 23.2 Å². The summed E-state index contributed by atoms with van der Waals surface area (Å²) in [5.41, 5.74) is 0.250. The zero-order valence-electron chi connectivity index (χ0n) is 10.2. The molecule has 0 saturated carbocycles. The Morgan fingerprint density at radius 1 is 1.44 bits per heavy atom. The minimum atomic E-state index is -0.548. The van der Waals surface area contributed by atoms with Crippen molar-refractivity contribution in [2.24, 2.45) is 0 Å². The second-order valence-corrected chi connectivity index (χ2v) is 4.83. The maximum absolute atomic E-state index is 13.3. The van der Waals surface area contributed by atoms with Gasteiger partial charge >= 0.3 is 0 Å². The van der Waals surface area contributed by atoms with Gasteiger partial charge in [0.1, 0.15) is 5.82 Å². The quantitative estimate of drug-likeness (QED) is 0.894. The minimum Gasteiger partial charge on any atom is -0.338 e. The molecule has 0 spiro atoms. The van der Waals surface area contributed by atoms with Gasteiger partial charge in [-0.1, -0.05) is 17.7 Å². The molecule has 0 aromatic heterocycles. The average molecular weight is 271 g/mol. The highest BCUT2D eigenvalue weighted by Gasteiger charge is 2.24. The molecule has 1 aromatic carbocycles. The van der Waals surface area contributed by atoms with Gasteiger partial charge in [0, 0.05) is 19.1 Å². The summed E-state index contributed by atoms with van der Waals surface area (Å²) in [6.45, 7) is 1.36. The summed E-state index contributed by atoms with van der Waals surface area (Å²) in [7, 11) is 1.92. The molecule has 1 heterocycles. The fourth-order valence-corrected chi connectivity index (χ4v) is 2.42. The van der Waals surface area contributed by atoms with Crippen molar-refractivity contribution in [1.29, 1.82) is 0 Å². The predicted octanol–water partition coefficient (Wildman–Crippen LogP) is 2.30. The standard InChI is InChI=1S/C13H16ClFN2O/c1-16-9-5-7-17(8-6-9)13(18)10-3-2-4-11(15)12(10)14/h2-4,9,16H,5-8H2,1H3. The highest BCUT2D eigenvalue weighted by Crippen LogP contribution is 2.22. The molecule has 1 aliphatic heterocycles. The molecule has 5 heteroatoms. The SMILES string of the molecule is CNC1CCN(C(=O)c2cccc(F)c2Cl)CC1. The monoisotopic (exact) mass is 270 g/mol. The number of halogens is 2. The molecular weight excluding hydrogens is 255 g/mol. The Kier molecular flexibility index (Phi) is 4.19. The van der Waals surface area contributed by atoms with Crippen molar-refractivity contribution in [3.8, 4) is 0 Å². The van der Waals surface area contributed by atoms with Gasteiger partial charge in [0.25, 0.3) is 5.91 Å². The van der Waals surface area contributed by atoms with Crippen LogP contribution in [0.2, 0.25) is 5.02 Å². The van der Waals surface area contributed by atoms with Crippen LogP contribution in [-0.2, 0) is 0 Å². The number of likely N-dealkylation sites (tertiary alicyclic amines) is 1. The second-order valence-electron chi connectivity index (χ2n) is 4.46. The van der Waals surface area contributed by atoms with Crippen molar-refractivity contribution < 1.29 is 9.18 Å². The third kappa shape index (κ3) is 2.65. The first-order chi connectivity index (χ1) is 8.63. The molecule has 3 nitrogen and oxygen atoms in total. The molecule has 0 aliphatic carbocycles. The van der Waals surface area contributed by atoms with Crippen molar-refractivity contribution in [3.63, 3.8) is 0 Å². The molecule has 98 valence electrons. The van der Waals surface area contributed by atoms with Crippen molar-refractivity contribution in [3.05, 3.63) is 34.6 Å². The van der Waals surface area contributed by atoms with Crippen LogP contribution in [0.5, 0.6) is 0 Å². The average Bonchev–Trinajstić information content (AvgIpc) is 2.41. The van der Waals surface area contributed by atoms with Gasteiger partial charge in [-0.25, -0.2) is 4.39 Å². The third-order valence-electron chi connectivity index (χ3n) is 3.37. The number of piperidine rings is 1. The van der Waals surface area contributed by atoms with Crippen LogP contribution in [0.3, 0.4) is 0 Å². The first-order valence-corrected chi connectivity index (χ1v) is 6.42. The van der Waals surface area contributed by atoms with Crippen molar-refractivity contribution in [1.82, 2.24) is 10.2 Å². The topological polar surface area (TPSA) is 32.3 Å². The Bertz CT molecular complexity index is 445. The lowest BCUT2D eigenvalue weighted by Gasteiger charge is -2.32. The molecular formula is C13H16ClFN2O. The second kappa shape index (κ2) is 5.67. The molecule has 0 bridgehead atoms. The fourth-order valence-electron chi connectivity index (χ4n) is 2.21. The lowest BCUT2D eigenvalue weighted by molar-refractivity contribution is 0.0707. The molecule has 1 fully saturated rings. The summed E-state index contributed by atoms with van der Waals surface area (Å²) in [5, 5.41) is 3.11. The number of benzene rings is 1. The fraction of sp³-hybridized carbons (Fsp3) is 0.462. The van der Waals surface area contributed by atoms with E-state index in [9.17, 15) is 9.18 Å². The van der Waals surface area contributed by atoms with Crippen LogP contribution in [0.4, 0.5) is 4.39 Å². The van der Waals surface area contributed by atoms with Gasteiger partial charge < -0.3 is 10.2 Å². The zero-order chi connectivity index (χ0) is 13.1. The number of amides is 1. The first-order valence-electron chi connectivity index (χ1n) is 6.04. The van der Waals surface area contributed by atoms with Crippen LogP contribution in [0, 0.1) is 5.82 Å². The summed E-state index contributed by atoms with van der Waals surface area (Å²) >= 11 is 5.83. The lowest BCUT2D eigenvalue weighted by atomic mass is 10.0. The third-order valence-corrected chi connectivity index (χ3v) is 3.76. The van der Waals surface area contributed by atoms with Crippen molar-refractivity contribution in [2.45, 2.75) is 18.9 Å². The molecule has 0 unspecified atom stereocenters. The molecule has 1 N–H and O–H groups in total. The van der Waals surface area contributed by atoms with Gasteiger partial charge in [0.2, 0.25) is 0 Å². The summed E-state index contributed by atoms with van der Waals surface area (Å²) in [6.07, 6.45) is 1.82. The van der Waals surface area contributed by atoms with E-state index in [0.29, 0.717) is 19.1 Å². The van der Waals surface area contributed by atoms with E-state index in [1.54, 1.807) is 11.0 Å². The van der Waals surface area contributed by atoms with E-state index in [1.165, 1.54) is 12.1 Å². The van der Waals surface area contributed by atoms with E-state index in [2.05, 4.69) is 5.32 Å². The Hall–Kier alpha value is -1.13. The Labute approximate surface area is 111 Å². The summed E-state index contributed by atoms with van der Waals surface area (Å²) in [4.78, 5) is 14.0. The van der Waals surface area contributed by atoms with Crippen molar-refractivity contribution >= 4 is 17.5 Å². The van der Waals surface area contributed by atoms with Gasteiger partial charge in [0.15, 0.2) is 0 Å². The number of nitrogens with one attached hydrogen (secondary N) is 1. The normalized spacial score (nSPS) is 16.9. The highest BCUT2D eigenvalue weighted by molar-refractivity contribution is 6.34. The van der Waals surface area contributed by atoms with Gasteiger partial charge in [0.05, 0.1) is 10.6 Å². The maximum atomic E-state index is 13.3. The zero-order valence-corrected chi connectivity index (χ0v) is 11.0. The molecule has 1 aliphatic rings. The first kappa shape index (κ1) is 13.3. The van der Waals surface area contributed by atoms with Gasteiger partial charge in [-0.05, 0) is 32.0 Å². The van der Waals surface area contributed by atoms with Gasteiger partial charge in [-0.3, -0.25) is 4.79 Å². The smallest absolute Gasteiger partial charge is 0.255 e. The molecule has 1 saturated heterocycles. The Morgan fingerprint density at radius 3 is 2.72 bits per heavy atom. The molecule has 1 amide bonds.